The molecular weight excluding hydrogens is 368 g/mol. The molecular formula is C23H22N2O4. The molecule has 0 bridgehead atoms. The maximum absolute atomic E-state index is 13.5. The quantitative estimate of drug-likeness (QED) is 0.752. The molecule has 2 aromatic carbocycles. The topological polar surface area (TPSA) is 66.9 Å². The highest BCUT2D eigenvalue weighted by molar-refractivity contribution is 6.15. The maximum atomic E-state index is 13.5. The van der Waals surface area contributed by atoms with Gasteiger partial charge in [0.15, 0.2) is 0 Å². The molecule has 2 aliphatic heterocycles. The minimum atomic E-state index is -1.38. The van der Waals surface area contributed by atoms with E-state index >= 15 is 0 Å². The summed E-state index contributed by atoms with van der Waals surface area (Å²) in [6.45, 7) is 2.09. The van der Waals surface area contributed by atoms with Crippen LogP contribution in [0.3, 0.4) is 0 Å². The molecule has 6 nitrogen and oxygen atoms in total. The van der Waals surface area contributed by atoms with Gasteiger partial charge in [0.25, 0.3) is 5.91 Å². The predicted molar refractivity (Wildman–Crippen MR) is 106 cm³/mol. The number of hydrogen-bond acceptors (Lipinski definition) is 4. The molecule has 2 fully saturated rings. The largest absolute Gasteiger partial charge is 0.458 e. The highest BCUT2D eigenvalue weighted by atomic mass is 16.5. The summed E-state index contributed by atoms with van der Waals surface area (Å²) in [4.78, 5) is 42.9. The summed E-state index contributed by atoms with van der Waals surface area (Å²) in [7, 11) is 0. The Balaban J connectivity index is 1.55. The second kappa shape index (κ2) is 6.44. The maximum Gasteiger partial charge on any atom is 0.354 e. The summed E-state index contributed by atoms with van der Waals surface area (Å²) in [6, 6.07) is 14.8. The van der Waals surface area contributed by atoms with Crippen molar-refractivity contribution in [1.82, 2.24) is 4.90 Å². The summed E-state index contributed by atoms with van der Waals surface area (Å²) in [5, 5.41) is 0. The van der Waals surface area contributed by atoms with Crippen molar-refractivity contribution in [3.8, 4) is 0 Å². The van der Waals surface area contributed by atoms with Crippen molar-refractivity contribution < 1.29 is 19.1 Å². The third-order valence-corrected chi connectivity index (χ3v) is 5.99. The Kier molecular flexibility index (Phi) is 3.98. The van der Waals surface area contributed by atoms with E-state index < -0.39 is 11.6 Å². The number of aryl methyl sites for hydroxylation is 1. The van der Waals surface area contributed by atoms with Gasteiger partial charge < -0.3 is 9.64 Å². The van der Waals surface area contributed by atoms with Crippen LogP contribution in [0.1, 0.15) is 47.2 Å². The van der Waals surface area contributed by atoms with Gasteiger partial charge in [0.2, 0.25) is 11.6 Å². The van der Waals surface area contributed by atoms with Crippen LogP contribution in [0.2, 0.25) is 0 Å². The molecule has 2 aromatic rings. The first kappa shape index (κ1) is 17.9. The molecule has 1 aliphatic carbocycles. The van der Waals surface area contributed by atoms with Gasteiger partial charge in [-0.25, -0.2) is 4.79 Å². The monoisotopic (exact) mass is 390 g/mol. The SMILES string of the molecule is Cc1cccc(COC(=O)C23CCC(=O)N2c2ccccc2C(=O)N3C2CC2)c1. The lowest BCUT2D eigenvalue weighted by Gasteiger charge is -2.48. The highest BCUT2D eigenvalue weighted by Gasteiger charge is 2.64. The molecule has 0 aromatic heterocycles. The Bertz CT molecular complexity index is 1030. The average Bonchev–Trinajstić information content (AvgIpc) is 3.49. The molecule has 1 unspecified atom stereocenters. The molecule has 1 saturated heterocycles. The molecule has 0 radical (unpaired) electrons. The van der Waals surface area contributed by atoms with Gasteiger partial charge in [0, 0.05) is 18.9 Å². The van der Waals surface area contributed by atoms with Crippen LogP contribution in [-0.4, -0.2) is 34.4 Å². The molecule has 1 saturated carbocycles. The lowest BCUT2D eigenvalue weighted by atomic mass is 9.96. The number of benzene rings is 2. The van der Waals surface area contributed by atoms with Gasteiger partial charge in [0.1, 0.15) is 6.61 Å². The van der Waals surface area contributed by atoms with E-state index in [1.165, 1.54) is 4.90 Å². The first-order valence-corrected chi connectivity index (χ1v) is 10.0. The zero-order chi connectivity index (χ0) is 20.2. The van der Waals surface area contributed by atoms with Crippen LogP contribution in [0.25, 0.3) is 0 Å². The van der Waals surface area contributed by atoms with Crippen molar-refractivity contribution in [2.24, 2.45) is 0 Å². The molecule has 2 heterocycles. The Morgan fingerprint density at radius 1 is 1.14 bits per heavy atom. The fourth-order valence-electron chi connectivity index (χ4n) is 4.58. The van der Waals surface area contributed by atoms with Crippen LogP contribution in [0.5, 0.6) is 0 Å². The summed E-state index contributed by atoms with van der Waals surface area (Å²) in [5.74, 6) is -0.871. The standard InChI is InChI=1S/C23H22N2O4/c1-15-5-4-6-16(13-15)14-29-22(28)23-12-11-20(26)25(23)19-8-3-2-7-18(19)21(27)24(23)17-9-10-17/h2-8,13,17H,9-12,14H2,1H3. The van der Waals surface area contributed by atoms with E-state index in [9.17, 15) is 14.4 Å². The average molecular weight is 390 g/mol. The van der Waals surface area contributed by atoms with Crippen LogP contribution in [-0.2, 0) is 20.9 Å². The zero-order valence-corrected chi connectivity index (χ0v) is 16.3. The number of ether oxygens (including phenoxy) is 1. The number of nitrogens with zero attached hydrogens (tertiary/aromatic N) is 2. The fraction of sp³-hybridized carbons (Fsp3) is 0.348. The number of fused-ring (bicyclic) bond motifs is 3. The summed E-state index contributed by atoms with van der Waals surface area (Å²) < 4.78 is 5.72. The minimum absolute atomic E-state index is 0.0317. The van der Waals surface area contributed by atoms with Crippen molar-refractivity contribution in [1.29, 1.82) is 0 Å². The van der Waals surface area contributed by atoms with Gasteiger partial charge in [-0.05, 0) is 37.5 Å². The number of carbonyl (C=O) groups excluding carboxylic acids is 3. The molecule has 29 heavy (non-hydrogen) atoms. The van der Waals surface area contributed by atoms with Crippen LogP contribution < -0.4 is 4.90 Å². The van der Waals surface area contributed by atoms with Crippen molar-refractivity contribution in [3.05, 3.63) is 65.2 Å². The van der Waals surface area contributed by atoms with E-state index in [1.54, 1.807) is 29.2 Å². The van der Waals surface area contributed by atoms with E-state index in [0.29, 0.717) is 11.3 Å². The van der Waals surface area contributed by atoms with Gasteiger partial charge in [-0.15, -0.1) is 0 Å². The van der Waals surface area contributed by atoms with Gasteiger partial charge in [-0.1, -0.05) is 42.0 Å². The van der Waals surface area contributed by atoms with E-state index in [2.05, 4.69) is 0 Å². The number of para-hydroxylation sites is 1. The van der Waals surface area contributed by atoms with E-state index in [1.807, 2.05) is 31.2 Å². The highest BCUT2D eigenvalue weighted by Crippen LogP contribution is 2.49. The summed E-state index contributed by atoms with van der Waals surface area (Å²) in [5.41, 5.74) is 1.55. The van der Waals surface area contributed by atoms with Crippen molar-refractivity contribution in [3.63, 3.8) is 0 Å². The normalized spacial score (nSPS) is 23.1. The second-order valence-electron chi connectivity index (χ2n) is 8.03. The first-order valence-electron chi connectivity index (χ1n) is 10.0. The van der Waals surface area contributed by atoms with Crippen LogP contribution >= 0.6 is 0 Å². The van der Waals surface area contributed by atoms with Gasteiger partial charge >= 0.3 is 5.97 Å². The van der Waals surface area contributed by atoms with Crippen molar-refractivity contribution >= 4 is 23.5 Å². The molecule has 2 amide bonds. The smallest absolute Gasteiger partial charge is 0.354 e. The van der Waals surface area contributed by atoms with Gasteiger partial charge in [0.05, 0.1) is 11.3 Å². The lowest BCUT2D eigenvalue weighted by Crippen LogP contribution is -2.69. The first-order chi connectivity index (χ1) is 14.0. The second-order valence-corrected chi connectivity index (χ2v) is 8.03. The Morgan fingerprint density at radius 3 is 2.69 bits per heavy atom. The van der Waals surface area contributed by atoms with Crippen LogP contribution in [0, 0.1) is 6.92 Å². The number of rotatable bonds is 4. The predicted octanol–water partition coefficient (Wildman–Crippen LogP) is 3.18. The van der Waals surface area contributed by atoms with Crippen molar-refractivity contribution in [2.45, 2.75) is 50.9 Å². The molecule has 0 spiro atoms. The number of carbonyl (C=O) groups is 3. The zero-order valence-electron chi connectivity index (χ0n) is 16.3. The number of esters is 1. The van der Waals surface area contributed by atoms with E-state index in [0.717, 1.165) is 24.0 Å². The number of hydrogen-bond donors (Lipinski definition) is 0. The third kappa shape index (κ3) is 2.66. The third-order valence-electron chi connectivity index (χ3n) is 5.99. The molecule has 6 heteroatoms. The Hall–Kier alpha value is -3.15. The lowest BCUT2D eigenvalue weighted by molar-refractivity contribution is -0.159. The number of anilines is 1. The summed E-state index contributed by atoms with van der Waals surface area (Å²) >= 11 is 0. The fourth-order valence-corrected chi connectivity index (χ4v) is 4.58. The van der Waals surface area contributed by atoms with Crippen molar-refractivity contribution in [2.75, 3.05) is 4.90 Å². The van der Waals surface area contributed by atoms with E-state index in [4.69, 9.17) is 4.74 Å². The van der Waals surface area contributed by atoms with Gasteiger partial charge in [-0.2, -0.15) is 0 Å². The van der Waals surface area contributed by atoms with Crippen LogP contribution in [0.15, 0.2) is 48.5 Å². The molecule has 0 N–H and O–H groups in total. The Labute approximate surface area is 169 Å². The molecule has 5 rings (SSSR count). The van der Waals surface area contributed by atoms with Gasteiger partial charge in [-0.3, -0.25) is 14.5 Å². The van der Waals surface area contributed by atoms with Crippen LogP contribution in [0.4, 0.5) is 5.69 Å². The molecule has 148 valence electrons. The number of amides is 2. The van der Waals surface area contributed by atoms with E-state index in [-0.39, 0.29) is 37.3 Å². The Morgan fingerprint density at radius 2 is 1.93 bits per heavy atom. The minimum Gasteiger partial charge on any atom is -0.458 e. The molecule has 3 aliphatic rings. The molecule has 1 atom stereocenters. The summed E-state index contributed by atoms with van der Waals surface area (Å²) in [6.07, 6.45) is 2.14.